The van der Waals surface area contributed by atoms with Gasteiger partial charge in [0.15, 0.2) is 0 Å². The molecule has 3 fully saturated rings. The van der Waals surface area contributed by atoms with Crippen molar-refractivity contribution in [3.63, 3.8) is 0 Å². The Morgan fingerprint density at radius 2 is 1.72 bits per heavy atom. The third-order valence-electron chi connectivity index (χ3n) is 6.75. The molecule has 0 aromatic carbocycles. The molecular formula is C19H33ClN2O3. The molecule has 25 heavy (non-hydrogen) atoms. The second kappa shape index (κ2) is 8.72. The van der Waals surface area contributed by atoms with Gasteiger partial charge in [-0.25, -0.2) is 0 Å². The van der Waals surface area contributed by atoms with Crippen LogP contribution in [-0.2, 0) is 9.59 Å². The molecule has 0 spiro atoms. The van der Waals surface area contributed by atoms with Crippen LogP contribution >= 0.6 is 12.4 Å². The molecule has 0 aromatic heterocycles. The Morgan fingerprint density at radius 1 is 1.08 bits per heavy atom. The van der Waals surface area contributed by atoms with Crippen LogP contribution in [0.4, 0.5) is 0 Å². The van der Waals surface area contributed by atoms with E-state index in [1.54, 1.807) is 0 Å². The van der Waals surface area contributed by atoms with Crippen LogP contribution in [0.1, 0.15) is 64.7 Å². The van der Waals surface area contributed by atoms with Crippen LogP contribution in [-0.4, -0.2) is 58.5 Å². The molecule has 6 heteroatoms. The smallest absolute Gasteiger partial charge is 0.320 e. The average molecular weight is 373 g/mol. The summed E-state index contributed by atoms with van der Waals surface area (Å²) in [6.07, 6.45) is 9.79. The zero-order valence-electron chi connectivity index (χ0n) is 15.5. The zero-order valence-corrected chi connectivity index (χ0v) is 16.3. The number of fused-ring (bicyclic) bond motifs is 1. The topological polar surface area (TPSA) is 60.9 Å². The summed E-state index contributed by atoms with van der Waals surface area (Å²) in [4.78, 5) is 28.4. The summed E-state index contributed by atoms with van der Waals surface area (Å²) in [5.41, 5.74) is 0. The second-order valence-electron chi connectivity index (χ2n) is 8.29. The van der Waals surface area contributed by atoms with E-state index in [0.29, 0.717) is 18.0 Å². The van der Waals surface area contributed by atoms with Crippen molar-refractivity contribution in [3.8, 4) is 0 Å². The maximum Gasteiger partial charge on any atom is 0.320 e. The summed E-state index contributed by atoms with van der Waals surface area (Å²) in [7, 11) is 1.91. The van der Waals surface area contributed by atoms with Crippen molar-refractivity contribution in [2.75, 3.05) is 13.6 Å². The molecule has 0 bridgehead atoms. The number of carbonyl (C=O) groups is 2. The van der Waals surface area contributed by atoms with Gasteiger partial charge >= 0.3 is 5.97 Å². The second-order valence-corrected chi connectivity index (χ2v) is 8.29. The summed E-state index contributed by atoms with van der Waals surface area (Å²) >= 11 is 0. The van der Waals surface area contributed by atoms with Crippen molar-refractivity contribution in [1.82, 2.24) is 9.80 Å². The molecule has 1 heterocycles. The van der Waals surface area contributed by atoms with Gasteiger partial charge in [0.05, 0.1) is 6.54 Å². The molecule has 5 nitrogen and oxygen atoms in total. The van der Waals surface area contributed by atoms with Gasteiger partial charge in [0.2, 0.25) is 5.91 Å². The first-order valence-electron chi connectivity index (χ1n) is 9.71. The Balaban J connectivity index is 0.00000225. The van der Waals surface area contributed by atoms with Crippen LogP contribution in [0.25, 0.3) is 0 Å². The van der Waals surface area contributed by atoms with Crippen LogP contribution in [0.2, 0.25) is 0 Å². The number of halogens is 1. The lowest BCUT2D eigenvalue weighted by Crippen LogP contribution is -2.50. The van der Waals surface area contributed by atoms with Gasteiger partial charge in [0.25, 0.3) is 0 Å². The van der Waals surface area contributed by atoms with E-state index in [9.17, 15) is 14.7 Å². The van der Waals surface area contributed by atoms with Crippen LogP contribution in [0.5, 0.6) is 0 Å². The minimum atomic E-state index is -0.758. The Hall–Kier alpha value is -0.810. The fourth-order valence-corrected chi connectivity index (χ4v) is 5.12. The highest BCUT2D eigenvalue weighted by atomic mass is 35.5. The number of hydrogen-bond acceptors (Lipinski definition) is 3. The van der Waals surface area contributed by atoms with E-state index < -0.39 is 12.0 Å². The molecule has 1 amide bonds. The molecule has 2 aliphatic carbocycles. The summed E-state index contributed by atoms with van der Waals surface area (Å²) < 4.78 is 0. The van der Waals surface area contributed by atoms with Crippen molar-refractivity contribution < 1.29 is 14.7 Å². The Bertz CT molecular complexity index is 479. The predicted molar refractivity (Wildman–Crippen MR) is 99.9 cm³/mol. The number of likely N-dealkylation sites (N-methyl/N-ethyl adjacent to an activating group) is 1. The number of amides is 1. The number of aliphatic carboxylic acids is 1. The van der Waals surface area contributed by atoms with Crippen molar-refractivity contribution in [1.29, 1.82) is 0 Å². The van der Waals surface area contributed by atoms with Gasteiger partial charge in [0.1, 0.15) is 6.04 Å². The first-order chi connectivity index (χ1) is 11.5. The number of carbonyl (C=O) groups excluding carboxylic acids is 1. The van der Waals surface area contributed by atoms with Crippen LogP contribution in [0.15, 0.2) is 0 Å². The molecule has 0 aromatic rings. The van der Waals surface area contributed by atoms with E-state index in [4.69, 9.17) is 0 Å². The minimum Gasteiger partial charge on any atom is -0.480 e. The van der Waals surface area contributed by atoms with Crippen molar-refractivity contribution in [2.24, 2.45) is 11.8 Å². The summed E-state index contributed by atoms with van der Waals surface area (Å²) in [6, 6.07) is 0.159. The Morgan fingerprint density at radius 3 is 2.36 bits per heavy atom. The quantitative estimate of drug-likeness (QED) is 0.823. The van der Waals surface area contributed by atoms with Gasteiger partial charge in [-0.2, -0.15) is 0 Å². The molecule has 2 saturated carbocycles. The standard InChI is InChI=1S/C19H32N2O3.ClH/c1-13-7-9-15(10-8-13)20(2)18(22)12-21-16-6-4-3-5-14(16)11-17(21)19(23)24;/h13-17H,3-12H2,1-2H3,(H,23,24);1H. The molecule has 144 valence electrons. The third kappa shape index (κ3) is 4.48. The van der Waals surface area contributed by atoms with Gasteiger partial charge in [0, 0.05) is 19.1 Å². The highest BCUT2D eigenvalue weighted by molar-refractivity contribution is 5.85. The number of likely N-dealkylation sites (tertiary alicyclic amines) is 1. The molecule has 0 radical (unpaired) electrons. The Labute approximate surface area is 157 Å². The minimum absolute atomic E-state index is 0. The fraction of sp³-hybridized carbons (Fsp3) is 0.895. The summed E-state index contributed by atoms with van der Waals surface area (Å²) in [5, 5.41) is 9.59. The summed E-state index contributed by atoms with van der Waals surface area (Å²) in [5.74, 6) is 0.578. The van der Waals surface area contributed by atoms with Gasteiger partial charge in [-0.15, -0.1) is 12.4 Å². The maximum absolute atomic E-state index is 12.8. The Kier molecular flexibility index (Phi) is 7.15. The number of hydrogen-bond donors (Lipinski definition) is 1. The molecule has 1 aliphatic heterocycles. The monoisotopic (exact) mass is 372 g/mol. The molecule has 1 saturated heterocycles. The van der Waals surface area contributed by atoms with E-state index >= 15 is 0 Å². The lowest BCUT2D eigenvalue weighted by molar-refractivity contribution is -0.144. The number of carboxylic acids is 1. The highest BCUT2D eigenvalue weighted by Gasteiger charge is 2.46. The van der Waals surface area contributed by atoms with Crippen molar-refractivity contribution >= 4 is 24.3 Å². The van der Waals surface area contributed by atoms with Crippen molar-refractivity contribution in [3.05, 3.63) is 0 Å². The molecule has 3 aliphatic rings. The molecule has 3 unspecified atom stereocenters. The van der Waals surface area contributed by atoms with Crippen LogP contribution in [0, 0.1) is 11.8 Å². The van der Waals surface area contributed by atoms with Gasteiger partial charge in [-0.1, -0.05) is 19.8 Å². The first-order valence-corrected chi connectivity index (χ1v) is 9.71. The molecule has 3 atom stereocenters. The lowest BCUT2D eigenvalue weighted by Gasteiger charge is -2.37. The summed E-state index contributed by atoms with van der Waals surface area (Å²) in [6.45, 7) is 2.56. The zero-order chi connectivity index (χ0) is 17.3. The first kappa shape index (κ1) is 20.5. The van der Waals surface area contributed by atoms with Crippen LogP contribution < -0.4 is 0 Å². The van der Waals surface area contributed by atoms with E-state index in [1.807, 2.05) is 16.8 Å². The largest absolute Gasteiger partial charge is 0.480 e. The van der Waals surface area contributed by atoms with Gasteiger partial charge in [-0.05, 0) is 56.8 Å². The number of carboxylic acid groups (broad SMARTS) is 1. The lowest BCUT2D eigenvalue weighted by atomic mass is 9.84. The molecular weight excluding hydrogens is 340 g/mol. The highest BCUT2D eigenvalue weighted by Crippen LogP contribution is 2.39. The fourth-order valence-electron chi connectivity index (χ4n) is 5.12. The van der Waals surface area contributed by atoms with Gasteiger partial charge in [-0.3, -0.25) is 14.5 Å². The molecule has 3 rings (SSSR count). The van der Waals surface area contributed by atoms with E-state index in [2.05, 4.69) is 6.92 Å². The predicted octanol–water partition coefficient (Wildman–Crippen LogP) is 3.16. The SMILES string of the molecule is CC1CCC(N(C)C(=O)CN2C(C(=O)O)CC3CCCCC32)CC1.Cl. The maximum atomic E-state index is 12.8. The van der Waals surface area contributed by atoms with E-state index in [0.717, 1.165) is 44.4 Å². The van der Waals surface area contributed by atoms with E-state index in [-0.39, 0.29) is 24.9 Å². The van der Waals surface area contributed by atoms with E-state index in [1.165, 1.54) is 19.3 Å². The van der Waals surface area contributed by atoms with Crippen LogP contribution in [0.3, 0.4) is 0 Å². The van der Waals surface area contributed by atoms with Crippen molar-refractivity contribution in [2.45, 2.75) is 82.8 Å². The third-order valence-corrected chi connectivity index (χ3v) is 6.75. The molecule has 1 N–H and O–H groups in total. The number of rotatable bonds is 4. The number of nitrogens with zero attached hydrogens (tertiary/aromatic N) is 2. The average Bonchev–Trinajstić information content (AvgIpc) is 2.94. The van der Waals surface area contributed by atoms with Gasteiger partial charge < -0.3 is 10.0 Å². The normalized spacial score (nSPS) is 35.5.